The average Bonchev–Trinajstić information content (AvgIpc) is 2.96. The largest absolute Gasteiger partial charge is 0.344 e. The van der Waals surface area contributed by atoms with E-state index in [9.17, 15) is 9.18 Å². The van der Waals surface area contributed by atoms with Crippen LogP contribution in [0.5, 0.6) is 0 Å². The molecule has 25 heavy (non-hydrogen) atoms. The maximum absolute atomic E-state index is 12.9. The van der Waals surface area contributed by atoms with Crippen LogP contribution in [0.15, 0.2) is 59.8 Å². The highest BCUT2D eigenvalue weighted by molar-refractivity contribution is 5.99. The van der Waals surface area contributed by atoms with Gasteiger partial charge in [0, 0.05) is 28.7 Å². The summed E-state index contributed by atoms with van der Waals surface area (Å²) in [6, 6.07) is 14.3. The van der Waals surface area contributed by atoms with E-state index >= 15 is 0 Å². The molecule has 0 radical (unpaired) electrons. The van der Waals surface area contributed by atoms with Crippen LogP contribution in [-0.4, -0.2) is 16.7 Å². The molecule has 2 aromatic carbocycles. The van der Waals surface area contributed by atoms with Gasteiger partial charge < -0.3 is 4.57 Å². The number of fused-ring (bicyclic) bond motifs is 1. The second-order valence-corrected chi connectivity index (χ2v) is 6.20. The normalized spacial score (nSPS) is 11.5. The summed E-state index contributed by atoms with van der Waals surface area (Å²) in [4.78, 5) is 11.9. The summed E-state index contributed by atoms with van der Waals surface area (Å²) < 4.78 is 15.1. The molecule has 0 atom stereocenters. The van der Waals surface area contributed by atoms with Crippen LogP contribution in [0.4, 0.5) is 4.39 Å². The third-order valence-corrected chi connectivity index (χ3v) is 4.00. The Bertz CT molecular complexity index is 910. The SMILES string of the molecule is CC(C)n1cc(/C=N/NC(=O)Cc2ccc(F)cc2)c2ccccc21. The Kier molecular flexibility index (Phi) is 4.93. The molecule has 0 aliphatic rings. The van der Waals surface area contributed by atoms with Crippen LogP contribution in [-0.2, 0) is 11.2 Å². The molecule has 0 saturated heterocycles. The lowest BCUT2D eigenvalue weighted by atomic mass is 10.1. The summed E-state index contributed by atoms with van der Waals surface area (Å²) in [5, 5.41) is 5.16. The summed E-state index contributed by atoms with van der Waals surface area (Å²) in [7, 11) is 0. The lowest BCUT2D eigenvalue weighted by molar-refractivity contribution is -0.120. The van der Waals surface area contributed by atoms with Crippen molar-refractivity contribution < 1.29 is 9.18 Å². The zero-order valence-electron chi connectivity index (χ0n) is 14.2. The van der Waals surface area contributed by atoms with Gasteiger partial charge in [0.05, 0.1) is 12.6 Å². The van der Waals surface area contributed by atoms with Gasteiger partial charge in [-0.25, -0.2) is 9.82 Å². The van der Waals surface area contributed by atoms with E-state index in [1.54, 1.807) is 18.3 Å². The van der Waals surface area contributed by atoms with Gasteiger partial charge in [0.1, 0.15) is 5.82 Å². The molecular weight excluding hydrogens is 317 g/mol. The second-order valence-electron chi connectivity index (χ2n) is 6.20. The Balaban J connectivity index is 1.71. The van der Waals surface area contributed by atoms with Crippen LogP contribution in [0.25, 0.3) is 10.9 Å². The second kappa shape index (κ2) is 7.30. The first-order valence-electron chi connectivity index (χ1n) is 8.20. The van der Waals surface area contributed by atoms with Crippen molar-refractivity contribution >= 4 is 23.0 Å². The minimum Gasteiger partial charge on any atom is -0.344 e. The summed E-state index contributed by atoms with van der Waals surface area (Å²) >= 11 is 0. The Morgan fingerprint density at radius 2 is 1.92 bits per heavy atom. The maximum atomic E-state index is 12.9. The fraction of sp³-hybridized carbons (Fsp3) is 0.200. The van der Waals surface area contributed by atoms with Crippen molar-refractivity contribution in [2.75, 3.05) is 0 Å². The van der Waals surface area contributed by atoms with E-state index in [1.165, 1.54) is 12.1 Å². The Morgan fingerprint density at radius 3 is 2.64 bits per heavy atom. The number of rotatable bonds is 5. The summed E-state index contributed by atoms with van der Waals surface area (Å²) in [5.41, 5.74) is 5.35. The minimum atomic E-state index is -0.316. The van der Waals surface area contributed by atoms with E-state index in [4.69, 9.17) is 0 Å². The first kappa shape index (κ1) is 16.9. The van der Waals surface area contributed by atoms with E-state index in [0.717, 1.165) is 22.0 Å². The molecule has 0 saturated carbocycles. The summed E-state index contributed by atoms with van der Waals surface area (Å²) in [5.74, 6) is -0.556. The van der Waals surface area contributed by atoms with E-state index in [-0.39, 0.29) is 18.1 Å². The standard InChI is InChI=1S/C20H20FN3O/c1-14(2)24-13-16(18-5-3-4-6-19(18)24)12-22-23-20(25)11-15-7-9-17(21)10-8-15/h3-10,12-14H,11H2,1-2H3,(H,23,25)/b22-12+. The first-order valence-corrected chi connectivity index (χ1v) is 8.20. The zero-order valence-corrected chi connectivity index (χ0v) is 14.2. The molecule has 128 valence electrons. The number of hydrogen-bond acceptors (Lipinski definition) is 2. The zero-order chi connectivity index (χ0) is 17.8. The van der Waals surface area contributed by atoms with Crippen molar-refractivity contribution in [3.05, 3.63) is 71.7 Å². The predicted octanol–water partition coefficient (Wildman–Crippen LogP) is 4.05. The highest BCUT2D eigenvalue weighted by atomic mass is 19.1. The molecule has 0 aliphatic carbocycles. The van der Waals surface area contributed by atoms with Gasteiger partial charge in [-0.15, -0.1) is 0 Å². The monoisotopic (exact) mass is 337 g/mol. The van der Waals surface area contributed by atoms with Crippen molar-refractivity contribution in [3.63, 3.8) is 0 Å². The number of para-hydroxylation sites is 1. The van der Waals surface area contributed by atoms with Crippen LogP contribution in [0, 0.1) is 5.82 Å². The van der Waals surface area contributed by atoms with Crippen LogP contribution in [0.1, 0.15) is 31.0 Å². The molecule has 1 N–H and O–H groups in total. The van der Waals surface area contributed by atoms with Crippen molar-refractivity contribution in [1.29, 1.82) is 0 Å². The average molecular weight is 337 g/mol. The Hall–Kier alpha value is -2.95. The number of nitrogens with zero attached hydrogens (tertiary/aromatic N) is 2. The van der Waals surface area contributed by atoms with Crippen LogP contribution < -0.4 is 5.43 Å². The minimum absolute atomic E-state index is 0.158. The van der Waals surface area contributed by atoms with Gasteiger partial charge in [0.15, 0.2) is 0 Å². The fourth-order valence-corrected chi connectivity index (χ4v) is 2.76. The van der Waals surface area contributed by atoms with Gasteiger partial charge in [0.25, 0.3) is 0 Å². The molecule has 1 amide bonds. The van der Waals surface area contributed by atoms with E-state index in [2.05, 4.69) is 35.0 Å². The van der Waals surface area contributed by atoms with E-state index in [1.807, 2.05) is 24.4 Å². The third kappa shape index (κ3) is 3.94. The molecule has 1 aromatic heterocycles. The molecule has 5 heteroatoms. The predicted molar refractivity (Wildman–Crippen MR) is 98.2 cm³/mol. The number of benzene rings is 2. The molecule has 4 nitrogen and oxygen atoms in total. The van der Waals surface area contributed by atoms with Crippen molar-refractivity contribution in [2.45, 2.75) is 26.3 Å². The highest BCUT2D eigenvalue weighted by Gasteiger charge is 2.08. The number of carbonyl (C=O) groups excluding carboxylic acids is 1. The third-order valence-electron chi connectivity index (χ3n) is 4.00. The van der Waals surface area contributed by atoms with Gasteiger partial charge in [-0.3, -0.25) is 4.79 Å². The van der Waals surface area contributed by atoms with Crippen LogP contribution >= 0.6 is 0 Å². The van der Waals surface area contributed by atoms with Crippen LogP contribution in [0.2, 0.25) is 0 Å². The quantitative estimate of drug-likeness (QED) is 0.554. The topological polar surface area (TPSA) is 46.4 Å². The molecule has 0 unspecified atom stereocenters. The molecule has 3 aromatic rings. The molecule has 3 rings (SSSR count). The molecule has 0 spiro atoms. The van der Waals surface area contributed by atoms with Crippen molar-refractivity contribution in [2.24, 2.45) is 5.10 Å². The number of nitrogens with one attached hydrogen (secondary N) is 1. The number of amides is 1. The van der Waals surface area contributed by atoms with Crippen LogP contribution in [0.3, 0.4) is 0 Å². The van der Waals surface area contributed by atoms with Crippen molar-refractivity contribution in [3.8, 4) is 0 Å². The number of carbonyl (C=O) groups is 1. The Morgan fingerprint density at radius 1 is 1.20 bits per heavy atom. The van der Waals surface area contributed by atoms with E-state index in [0.29, 0.717) is 6.04 Å². The molecular formula is C20H20FN3O. The number of aromatic nitrogens is 1. The highest BCUT2D eigenvalue weighted by Crippen LogP contribution is 2.23. The lowest BCUT2D eigenvalue weighted by Crippen LogP contribution is -2.19. The molecule has 0 aliphatic heterocycles. The van der Waals surface area contributed by atoms with Gasteiger partial charge in [0.2, 0.25) is 5.91 Å². The fourth-order valence-electron chi connectivity index (χ4n) is 2.76. The van der Waals surface area contributed by atoms with Gasteiger partial charge >= 0.3 is 0 Å². The number of hydrogen-bond donors (Lipinski definition) is 1. The maximum Gasteiger partial charge on any atom is 0.244 e. The smallest absolute Gasteiger partial charge is 0.244 e. The number of halogens is 1. The summed E-state index contributed by atoms with van der Waals surface area (Å²) in [6.07, 6.45) is 3.85. The lowest BCUT2D eigenvalue weighted by Gasteiger charge is -2.08. The van der Waals surface area contributed by atoms with E-state index < -0.39 is 0 Å². The van der Waals surface area contributed by atoms with Gasteiger partial charge in [-0.1, -0.05) is 30.3 Å². The first-order chi connectivity index (χ1) is 12.0. The molecule has 0 fully saturated rings. The Labute approximate surface area is 146 Å². The van der Waals surface area contributed by atoms with Crippen molar-refractivity contribution in [1.82, 2.24) is 9.99 Å². The van der Waals surface area contributed by atoms with Gasteiger partial charge in [-0.2, -0.15) is 5.10 Å². The number of hydrazone groups is 1. The molecule has 1 heterocycles. The summed E-state index contributed by atoms with van der Waals surface area (Å²) in [6.45, 7) is 4.25. The van der Waals surface area contributed by atoms with Gasteiger partial charge in [-0.05, 0) is 37.6 Å². The molecule has 0 bridgehead atoms.